The predicted molar refractivity (Wildman–Crippen MR) is 86.6 cm³/mol. The third kappa shape index (κ3) is 3.96. The molecule has 1 heterocycles. The van der Waals surface area contributed by atoms with Gasteiger partial charge in [0.1, 0.15) is 4.88 Å². The Morgan fingerprint density at radius 1 is 1.27 bits per heavy atom. The maximum Gasteiger partial charge on any atom is 0.349 e. The van der Waals surface area contributed by atoms with Gasteiger partial charge < -0.3 is 10.1 Å². The Morgan fingerprint density at radius 3 is 2.68 bits per heavy atom. The van der Waals surface area contributed by atoms with Crippen molar-refractivity contribution in [3.05, 3.63) is 46.2 Å². The summed E-state index contributed by atoms with van der Waals surface area (Å²) in [5.74, 6) is 1.35. The minimum atomic E-state index is -0.513. The maximum atomic E-state index is 12.1. The van der Waals surface area contributed by atoms with Gasteiger partial charge in [-0.3, -0.25) is 4.79 Å². The molecule has 22 heavy (non-hydrogen) atoms. The molecule has 0 bridgehead atoms. The lowest BCUT2D eigenvalue weighted by molar-refractivity contribution is -0.123. The Morgan fingerprint density at radius 2 is 2.00 bits per heavy atom. The number of terminal acetylenes is 1. The van der Waals surface area contributed by atoms with Crippen molar-refractivity contribution in [3.8, 4) is 23.5 Å². The molecule has 5 heteroatoms. The van der Waals surface area contributed by atoms with E-state index in [0.29, 0.717) is 4.88 Å². The van der Waals surface area contributed by atoms with E-state index in [2.05, 4.69) is 11.2 Å². The Bertz CT molecular complexity index is 710. The average molecular weight is 313 g/mol. The van der Waals surface area contributed by atoms with Crippen LogP contribution < -0.4 is 5.32 Å². The van der Waals surface area contributed by atoms with Gasteiger partial charge in [0.2, 0.25) is 0 Å². The third-order valence-electron chi connectivity index (χ3n) is 2.94. The fourth-order valence-corrected chi connectivity index (χ4v) is 2.63. The number of carbonyl (C=O) groups excluding carboxylic acids is 2. The van der Waals surface area contributed by atoms with E-state index in [0.717, 1.165) is 16.7 Å². The molecule has 0 aliphatic heterocycles. The molecule has 0 saturated heterocycles. The van der Waals surface area contributed by atoms with Crippen molar-refractivity contribution in [1.29, 1.82) is 0 Å². The number of ether oxygens (including phenoxy) is 1. The van der Waals surface area contributed by atoms with E-state index < -0.39 is 11.9 Å². The average Bonchev–Trinajstić information content (AvgIpc) is 3.01. The first-order valence-corrected chi connectivity index (χ1v) is 7.51. The van der Waals surface area contributed by atoms with Gasteiger partial charge in [0, 0.05) is 5.56 Å². The van der Waals surface area contributed by atoms with Crippen LogP contribution in [0.4, 0.5) is 0 Å². The van der Waals surface area contributed by atoms with E-state index in [9.17, 15) is 9.59 Å². The van der Waals surface area contributed by atoms with E-state index in [1.54, 1.807) is 0 Å². The highest BCUT2D eigenvalue weighted by molar-refractivity contribution is 7.12. The molecule has 2 rings (SSSR count). The number of thiophene rings is 1. The number of nitrogens with one attached hydrogen (secondary N) is 1. The standard InChI is InChI=1S/C17H15NO3S/c1-3-9-18-15(19)11-21-17(20)16-14(8-10-22-16)13-6-4-12(2)5-7-13/h1,4-8,10H,9,11H2,2H3,(H,18,19). The molecule has 0 unspecified atom stereocenters. The van der Waals surface area contributed by atoms with Crippen LogP contribution in [0.3, 0.4) is 0 Å². The van der Waals surface area contributed by atoms with Crippen LogP contribution in [0.5, 0.6) is 0 Å². The van der Waals surface area contributed by atoms with E-state index in [-0.39, 0.29) is 13.2 Å². The Hall–Kier alpha value is -2.58. The number of aryl methyl sites for hydroxylation is 1. The molecule has 0 fully saturated rings. The van der Waals surface area contributed by atoms with Crippen LogP contribution in [0.1, 0.15) is 15.2 Å². The number of carbonyl (C=O) groups is 2. The monoisotopic (exact) mass is 313 g/mol. The van der Waals surface area contributed by atoms with Gasteiger partial charge >= 0.3 is 5.97 Å². The van der Waals surface area contributed by atoms with Gasteiger partial charge in [0.15, 0.2) is 6.61 Å². The zero-order chi connectivity index (χ0) is 15.9. The van der Waals surface area contributed by atoms with E-state index in [1.807, 2.05) is 42.6 Å². The SMILES string of the molecule is C#CCNC(=O)COC(=O)c1sccc1-c1ccc(C)cc1. The Labute approximate surface area is 133 Å². The summed E-state index contributed by atoms with van der Waals surface area (Å²) in [5.41, 5.74) is 2.89. The molecule has 112 valence electrons. The maximum absolute atomic E-state index is 12.1. The number of hydrogen-bond donors (Lipinski definition) is 1. The van der Waals surface area contributed by atoms with Crippen LogP contribution in [-0.4, -0.2) is 25.0 Å². The van der Waals surface area contributed by atoms with Crippen molar-refractivity contribution in [2.24, 2.45) is 0 Å². The number of rotatable bonds is 5. The smallest absolute Gasteiger partial charge is 0.349 e. The highest BCUT2D eigenvalue weighted by Crippen LogP contribution is 2.29. The molecule has 1 aromatic carbocycles. The van der Waals surface area contributed by atoms with E-state index in [1.165, 1.54) is 11.3 Å². The summed E-state index contributed by atoms with van der Waals surface area (Å²) in [6, 6.07) is 9.73. The Balaban J connectivity index is 2.06. The summed E-state index contributed by atoms with van der Waals surface area (Å²) < 4.78 is 5.02. The minimum Gasteiger partial charge on any atom is -0.451 e. The lowest BCUT2D eigenvalue weighted by Crippen LogP contribution is -2.28. The molecule has 1 N–H and O–H groups in total. The van der Waals surface area contributed by atoms with Crippen molar-refractivity contribution < 1.29 is 14.3 Å². The first-order chi connectivity index (χ1) is 10.6. The fourth-order valence-electron chi connectivity index (χ4n) is 1.83. The lowest BCUT2D eigenvalue weighted by atomic mass is 10.1. The van der Waals surface area contributed by atoms with Gasteiger partial charge in [-0.1, -0.05) is 35.7 Å². The van der Waals surface area contributed by atoms with Crippen molar-refractivity contribution in [1.82, 2.24) is 5.32 Å². The first-order valence-electron chi connectivity index (χ1n) is 6.63. The number of benzene rings is 1. The number of esters is 1. The van der Waals surface area contributed by atoms with Gasteiger partial charge in [-0.15, -0.1) is 17.8 Å². The molecule has 0 saturated carbocycles. The second kappa shape index (κ2) is 7.43. The van der Waals surface area contributed by atoms with E-state index in [4.69, 9.17) is 11.2 Å². The van der Waals surface area contributed by atoms with Crippen molar-refractivity contribution in [2.75, 3.05) is 13.2 Å². The molecule has 0 radical (unpaired) electrons. The molecule has 4 nitrogen and oxygen atoms in total. The van der Waals surface area contributed by atoms with Crippen LogP contribution in [0, 0.1) is 19.3 Å². The fraction of sp³-hybridized carbons (Fsp3) is 0.176. The quantitative estimate of drug-likeness (QED) is 0.682. The van der Waals surface area contributed by atoms with Gasteiger partial charge in [-0.2, -0.15) is 0 Å². The van der Waals surface area contributed by atoms with Crippen LogP contribution >= 0.6 is 11.3 Å². The molecular weight excluding hydrogens is 298 g/mol. The van der Waals surface area contributed by atoms with Gasteiger partial charge in [-0.05, 0) is 23.9 Å². The van der Waals surface area contributed by atoms with Crippen LogP contribution in [0.25, 0.3) is 11.1 Å². The molecule has 2 aromatic rings. The van der Waals surface area contributed by atoms with E-state index >= 15 is 0 Å². The number of amides is 1. The normalized spacial score (nSPS) is 9.82. The summed E-state index contributed by atoms with van der Waals surface area (Å²) in [4.78, 5) is 24.0. The first kappa shape index (κ1) is 15.8. The van der Waals surface area contributed by atoms with Crippen molar-refractivity contribution in [3.63, 3.8) is 0 Å². The zero-order valence-electron chi connectivity index (χ0n) is 12.1. The third-order valence-corrected chi connectivity index (χ3v) is 3.83. The summed E-state index contributed by atoms with van der Waals surface area (Å²) in [7, 11) is 0. The molecule has 0 spiro atoms. The van der Waals surface area contributed by atoms with Crippen molar-refractivity contribution in [2.45, 2.75) is 6.92 Å². The largest absolute Gasteiger partial charge is 0.451 e. The van der Waals surface area contributed by atoms with Crippen molar-refractivity contribution >= 4 is 23.2 Å². The van der Waals surface area contributed by atoms with Crippen LogP contribution in [0.2, 0.25) is 0 Å². The molecule has 1 amide bonds. The molecule has 0 aliphatic rings. The Kier molecular flexibility index (Phi) is 5.34. The summed E-state index contributed by atoms with van der Waals surface area (Å²) in [6.45, 7) is 1.77. The summed E-state index contributed by atoms with van der Waals surface area (Å²) in [5, 5.41) is 4.26. The highest BCUT2D eigenvalue weighted by atomic mass is 32.1. The molecule has 1 aromatic heterocycles. The topological polar surface area (TPSA) is 55.4 Å². The minimum absolute atomic E-state index is 0.115. The second-order valence-electron chi connectivity index (χ2n) is 4.59. The van der Waals surface area contributed by atoms with Gasteiger partial charge in [-0.25, -0.2) is 4.79 Å². The predicted octanol–water partition coefficient (Wildman–Crippen LogP) is 2.63. The lowest BCUT2D eigenvalue weighted by Gasteiger charge is -2.06. The van der Waals surface area contributed by atoms with Crippen LogP contribution in [0.15, 0.2) is 35.7 Å². The summed E-state index contributed by atoms with van der Waals surface area (Å²) in [6.07, 6.45) is 5.03. The molecule has 0 aliphatic carbocycles. The number of hydrogen-bond acceptors (Lipinski definition) is 4. The highest BCUT2D eigenvalue weighted by Gasteiger charge is 2.17. The zero-order valence-corrected chi connectivity index (χ0v) is 12.9. The molecular formula is C17H15NO3S. The van der Waals surface area contributed by atoms with Gasteiger partial charge in [0.25, 0.3) is 5.91 Å². The second-order valence-corrected chi connectivity index (χ2v) is 5.50. The summed E-state index contributed by atoms with van der Waals surface area (Å²) >= 11 is 1.29. The van der Waals surface area contributed by atoms with Crippen LogP contribution in [-0.2, 0) is 9.53 Å². The molecule has 0 atom stereocenters. The van der Waals surface area contributed by atoms with Gasteiger partial charge in [0.05, 0.1) is 6.54 Å².